The van der Waals surface area contributed by atoms with E-state index in [0.29, 0.717) is 0 Å². The first kappa shape index (κ1) is 25.1. The van der Waals surface area contributed by atoms with Crippen molar-refractivity contribution >= 4 is 31.4 Å². The van der Waals surface area contributed by atoms with Crippen LogP contribution in [-0.4, -0.2) is 67.2 Å². The molecule has 1 amide bonds. The SMILES string of the molecule is Cn1ccc(NC(=O)c2cc(Oc3ccc(S(C)(=O)=O)nc3)cc(OC(CO)S(C)(=O)=O)c2)n1. The van der Waals surface area contributed by atoms with Gasteiger partial charge < -0.3 is 19.9 Å². The Morgan fingerprint density at radius 3 is 2.32 bits per heavy atom. The summed E-state index contributed by atoms with van der Waals surface area (Å²) < 4.78 is 59.5. The number of amides is 1. The smallest absolute Gasteiger partial charge is 0.257 e. The van der Waals surface area contributed by atoms with Crippen molar-refractivity contribution in [2.45, 2.75) is 10.5 Å². The lowest BCUT2D eigenvalue weighted by Crippen LogP contribution is -2.30. The Kier molecular flexibility index (Phi) is 7.24. The van der Waals surface area contributed by atoms with Gasteiger partial charge in [0.25, 0.3) is 5.91 Å². The van der Waals surface area contributed by atoms with Crippen molar-refractivity contribution in [3.63, 3.8) is 0 Å². The highest BCUT2D eigenvalue weighted by molar-refractivity contribution is 7.91. The van der Waals surface area contributed by atoms with E-state index in [1.165, 1.54) is 41.2 Å². The number of ether oxygens (including phenoxy) is 2. The van der Waals surface area contributed by atoms with Gasteiger partial charge in [-0.05, 0) is 24.3 Å². The fourth-order valence-corrected chi connectivity index (χ4v) is 3.81. The van der Waals surface area contributed by atoms with E-state index in [-0.39, 0.29) is 33.7 Å². The largest absolute Gasteiger partial charge is 0.472 e. The summed E-state index contributed by atoms with van der Waals surface area (Å²) in [5, 5.41) is 15.9. The molecule has 0 spiro atoms. The van der Waals surface area contributed by atoms with Crippen LogP contribution in [0.25, 0.3) is 0 Å². The Labute approximate surface area is 196 Å². The summed E-state index contributed by atoms with van der Waals surface area (Å²) in [6.45, 7) is -0.809. The van der Waals surface area contributed by atoms with Gasteiger partial charge in [0.2, 0.25) is 5.44 Å². The van der Waals surface area contributed by atoms with Crippen LogP contribution in [-0.2, 0) is 26.7 Å². The van der Waals surface area contributed by atoms with E-state index < -0.39 is 37.6 Å². The molecule has 1 unspecified atom stereocenters. The molecular formula is C20H22N4O8S2. The van der Waals surface area contributed by atoms with Gasteiger partial charge in [0, 0.05) is 43.5 Å². The summed E-state index contributed by atoms with van der Waals surface area (Å²) in [4.78, 5) is 16.6. The second kappa shape index (κ2) is 9.79. The van der Waals surface area contributed by atoms with E-state index in [9.17, 15) is 26.7 Å². The highest BCUT2D eigenvalue weighted by Gasteiger charge is 2.23. The lowest BCUT2D eigenvalue weighted by atomic mass is 10.2. The zero-order valence-electron chi connectivity index (χ0n) is 18.4. The van der Waals surface area contributed by atoms with Crippen LogP contribution in [0.5, 0.6) is 17.2 Å². The Morgan fingerprint density at radius 1 is 1.09 bits per heavy atom. The third-order valence-corrected chi connectivity index (χ3v) is 6.52. The minimum Gasteiger partial charge on any atom is -0.472 e. The maximum absolute atomic E-state index is 12.8. The molecule has 0 fully saturated rings. The van der Waals surface area contributed by atoms with E-state index in [1.54, 1.807) is 19.3 Å². The summed E-state index contributed by atoms with van der Waals surface area (Å²) in [5.41, 5.74) is -1.52. The summed E-state index contributed by atoms with van der Waals surface area (Å²) in [6.07, 6.45) is 4.74. The lowest BCUT2D eigenvalue weighted by Gasteiger charge is -2.17. The van der Waals surface area contributed by atoms with Crippen LogP contribution in [0.4, 0.5) is 5.82 Å². The number of anilines is 1. The van der Waals surface area contributed by atoms with Crippen molar-refractivity contribution in [3.05, 3.63) is 54.4 Å². The van der Waals surface area contributed by atoms with Crippen molar-refractivity contribution in [2.24, 2.45) is 7.05 Å². The summed E-state index contributed by atoms with van der Waals surface area (Å²) >= 11 is 0. The first-order chi connectivity index (χ1) is 15.8. The molecule has 2 aromatic heterocycles. The normalized spacial score (nSPS) is 12.7. The molecule has 0 aliphatic carbocycles. The minimum atomic E-state index is -3.78. The zero-order valence-corrected chi connectivity index (χ0v) is 20.0. The van der Waals surface area contributed by atoms with Crippen LogP contribution in [0, 0.1) is 0 Å². The van der Waals surface area contributed by atoms with E-state index >= 15 is 0 Å². The number of carbonyl (C=O) groups excluding carboxylic acids is 1. The molecule has 182 valence electrons. The molecule has 0 bridgehead atoms. The predicted octanol–water partition coefficient (Wildman–Crippen LogP) is 1.00. The number of benzene rings is 1. The number of pyridine rings is 1. The standard InChI is InChI=1S/C20H22N4O8S2/c1-24-7-6-17(23-24)22-20(26)13-8-15(10-16(9-13)32-19(12-25)34(3,29)30)31-14-4-5-18(21-11-14)33(2,27)28/h4-11,19,25H,12H2,1-3H3,(H,22,23,26). The Bertz CT molecular complexity index is 1400. The van der Waals surface area contributed by atoms with Gasteiger partial charge in [-0.15, -0.1) is 0 Å². The highest BCUT2D eigenvalue weighted by atomic mass is 32.2. The molecule has 12 nitrogen and oxygen atoms in total. The van der Waals surface area contributed by atoms with Gasteiger partial charge in [-0.1, -0.05) is 0 Å². The van der Waals surface area contributed by atoms with Gasteiger partial charge in [-0.2, -0.15) is 5.10 Å². The number of rotatable bonds is 9. The first-order valence-corrected chi connectivity index (χ1v) is 13.5. The molecule has 2 N–H and O–H groups in total. The molecule has 0 aliphatic rings. The molecule has 14 heteroatoms. The number of carbonyl (C=O) groups is 1. The van der Waals surface area contributed by atoms with Crippen LogP contribution >= 0.6 is 0 Å². The van der Waals surface area contributed by atoms with Crippen molar-refractivity contribution < 1.29 is 36.2 Å². The van der Waals surface area contributed by atoms with Crippen LogP contribution in [0.15, 0.2) is 53.8 Å². The summed E-state index contributed by atoms with van der Waals surface area (Å²) in [7, 11) is -5.60. The van der Waals surface area contributed by atoms with Crippen LogP contribution in [0.2, 0.25) is 0 Å². The van der Waals surface area contributed by atoms with Gasteiger partial charge in [-0.3, -0.25) is 9.48 Å². The van der Waals surface area contributed by atoms with E-state index in [2.05, 4.69) is 15.4 Å². The summed E-state index contributed by atoms with van der Waals surface area (Å²) in [5.74, 6) is -0.134. The van der Waals surface area contributed by atoms with E-state index in [0.717, 1.165) is 12.5 Å². The Hall–Kier alpha value is -3.49. The zero-order chi connectivity index (χ0) is 25.1. The molecule has 3 rings (SSSR count). The number of sulfone groups is 2. The fourth-order valence-electron chi connectivity index (χ4n) is 2.69. The average Bonchev–Trinajstić information content (AvgIpc) is 3.15. The van der Waals surface area contributed by atoms with Gasteiger partial charge in [-0.25, -0.2) is 21.8 Å². The second-order valence-corrected chi connectivity index (χ2v) is 11.4. The molecule has 0 saturated carbocycles. The number of aliphatic hydroxyl groups excluding tert-OH is 1. The molecule has 34 heavy (non-hydrogen) atoms. The van der Waals surface area contributed by atoms with E-state index in [4.69, 9.17) is 9.47 Å². The van der Waals surface area contributed by atoms with Crippen molar-refractivity contribution in [2.75, 3.05) is 24.4 Å². The van der Waals surface area contributed by atoms with Gasteiger partial charge in [0.05, 0.1) is 12.8 Å². The van der Waals surface area contributed by atoms with E-state index in [1.807, 2.05) is 0 Å². The monoisotopic (exact) mass is 510 g/mol. The van der Waals surface area contributed by atoms with Gasteiger partial charge in [0.1, 0.15) is 17.2 Å². The lowest BCUT2D eigenvalue weighted by molar-refractivity contribution is 0.102. The average molecular weight is 511 g/mol. The molecule has 0 saturated heterocycles. The van der Waals surface area contributed by atoms with Crippen LogP contribution in [0.3, 0.4) is 0 Å². The Morgan fingerprint density at radius 2 is 1.79 bits per heavy atom. The summed E-state index contributed by atoms with van der Waals surface area (Å²) in [6, 6.07) is 8.17. The number of aromatic nitrogens is 3. The molecule has 1 aromatic carbocycles. The predicted molar refractivity (Wildman–Crippen MR) is 121 cm³/mol. The molecule has 1 atom stereocenters. The minimum absolute atomic E-state index is 0.0454. The molecule has 2 heterocycles. The third-order valence-electron chi connectivity index (χ3n) is 4.32. The number of nitrogens with zero attached hydrogens (tertiary/aromatic N) is 3. The van der Waals surface area contributed by atoms with Gasteiger partial charge in [0.15, 0.2) is 30.5 Å². The van der Waals surface area contributed by atoms with Crippen LogP contribution in [0.1, 0.15) is 10.4 Å². The topological polar surface area (TPSA) is 167 Å². The molecule has 0 aliphatic heterocycles. The molecule has 0 radical (unpaired) electrons. The fraction of sp³-hybridized carbons (Fsp3) is 0.250. The Balaban J connectivity index is 1.95. The maximum atomic E-state index is 12.8. The van der Waals surface area contributed by atoms with Crippen molar-refractivity contribution in [3.8, 4) is 17.2 Å². The first-order valence-electron chi connectivity index (χ1n) is 9.61. The number of hydrogen-bond acceptors (Lipinski definition) is 10. The number of nitrogens with one attached hydrogen (secondary N) is 1. The van der Waals surface area contributed by atoms with Crippen molar-refractivity contribution in [1.82, 2.24) is 14.8 Å². The molecule has 3 aromatic rings. The number of aryl methyl sites for hydroxylation is 1. The highest BCUT2D eigenvalue weighted by Crippen LogP contribution is 2.29. The number of aliphatic hydroxyl groups is 1. The number of hydrogen-bond donors (Lipinski definition) is 2. The van der Waals surface area contributed by atoms with Gasteiger partial charge >= 0.3 is 0 Å². The van der Waals surface area contributed by atoms with Crippen molar-refractivity contribution in [1.29, 1.82) is 0 Å². The van der Waals surface area contributed by atoms with Crippen LogP contribution < -0.4 is 14.8 Å². The second-order valence-electron chi connectivity index (χ2n) is 7.29. The quantitative estimate of drug-likeness (QED) is 0.424. The third kappa shape index (κ3) is 6.52. The maximum Gasteiger partial charge on any atom is 0.257 e. The molecular weight excluding hydrogens is 488 g/mol.